The van der Waals surface area contributed by atoms with E-state index in [1.807, 2.05) is 23.1 Å². The Balaban J connectivity index is 1.72. The molecule has 1 saturated heterocycles. The molecule has 0 N–H and O–H groups in total. The zero-order chi connectivity index (χ0) is 15.8. The van der Waals surface area contributed by atoms with E-state index in [-0.39, 0.29) is 18.1 Å². The lowest BCUT2D eigenvalue weighted by Crippen LogP contribution is -2.47. The minimum Gasteiger partial charge on any atom is -0.368 e. The van der Waals surface area contributed by atoms with Gasteiger partial charge in [0.15, 0.2) is 0 Å². The van der Waals surface area contributed by atoms with E-state index in [1.54, 1.807) is 0 Å². The highest BCUT2D eigenvalue weighted by atomic mass is 16.5. The number of hydrogen-bond donors (Lipinski definition) is 0. The molecule has 4 heteroatoms. The molecule has 0 spiro atoms. The summed E-state index contributed by atoms with van der Waals surface area (Å²) >= 11 is 0. The van der Waals surface area contributed by atoms with Crippen LogP contribution in [0.2, 0.25) is 0 Å². The molecule has 1 fully saturated rings. The van der Waals surface area contributed by atoms with Crippen molar-refractivity contribution in [2.24, 2.45) is 5.92 Å². The molecule has 3 heterocycles. The Bertz CT molecular complexity index is 694. The van der Waals surface area contributed by atoms with Crippen molar-refractivity contribution in [1.29, 1.82) is 0 Å². The molecule has 0 radical (unpaired) electrons. The lowest BCUT2D eigenvalue weighted by molar-refractivity contribution is -0.145. The Kier molecular flexibility index (Phi) is 3.69. The zero-order valence-corrected chi connectivity index (χ0v) is 13.4. The Morgan fingerprint density at radius 2 is 1.96 bits per heavy atom. The van der Waals surface area contributed by atoms with Gasteiger partial charge in [0, 0.05) is 31.6 Å². The number of fused-ring (bicyclic) bond motifs is 1. The second kappa shape index (κ2) is 5.85. The molecule has 2 aliphatic heterocycles. The number of ether oxygens (including phenoxy) is 1. The first-order valence-electron chi connectivity index (χ1n) is 8.38. The number of hydrogen-bond acceptors (Lipinski definition) is 2. The van der Waals surface area contributed by atoms with Crippen LogP contribution >= 0.6 is 0 Å². The highest BCUT2D eigenvalue weighted by molar-refractivity contribution is 5.82. The Morgan fingerprint density at radius 3 is 2.70 bits per heavy atom. The number of carbonyl (C=O) groups excluding carboxylic acids is 1. The molecule has 4 nitrogen and oxygen atoms in total. The highest BCUT2D eigenvalue weighted by Crippen LogP contribution is 2.34. The van der Waals surface area contributed by atoms with Gasteiger partial charge in [0.25, 0.3) is 5.91 Å². The van der Waals surface area contributed by atoms with E-state index < -0.39 is 0 Å². The SMILES string of the molecule is C[C@@H]1CCO[C@H]1C(=O)N1CCn2cccc2[C@@H]1c1ccccc1. The van der Waals surface area contributed by atoms with Crippen molar-refractivity contribution >= 4 is 5.91 Å². The largest absolute Gasteiger partial charge is 0.368 e. The molecule has 23 heavy (non-hydrogen) atoms. The monoisotopic (exact) mass is 310 g/mol. The van der Waals surface area contributed by atoms with Gasteiger partial charge >= 0.3 is 0 Å². The van der Waals surface area contributed by atoms with Crippen LogP contribution in [0.5, 0.6) is 0 Å². The molecule has 1 aromatic heterocycles. The average molecular weight is 310 g/mol. The van der Waals surface area contributed by atoms with Gasteiger partial charge in [-0.15, -0.1) is 0 Å². The number of carbonyl (C=O) groups is 1. The maximum Gasteiger partial charge on any atom is 0.252 e. The molecular weight excluding hydrogens is 288 g/mol. The first-order chi connectivity index (χ1) is 11.3. The van der Waals surface area contributed by atoms with Crippen LogP contribution in [0.3, 0.4) is 0 Å². The van der Waals surface area contributed by atoms with Gasteiger partial charge < -0.3 is 14.2 Å². The number of rotatable bonds is 2. The minimum atomic E-state index is -0.289. The van der Waals surface area contributed by atoms with E-state index in [9.17, 15) is 4.79 Å². The molecule has 3 atom stereocenters. The lowest BCUT2D eigenvalue weighted by Gasteiger charge is -2.39. The van der Waals surface area contributed by atoms with Gasteiger partial charge in [-0.1, -0.05) is 37.3 Å². The second-order valence-corrected chi connectivity index (χ2v) is 6.53. The third kappa shape index (κ3) is 2.47. The summed E-state index contributed by atoms with van der Waals surface area (Å²) in [6.45, 7) is 4.38. The zero-order valence-electron chi connectivity index (χ0n) is 13.4. The standard InChI is InChI=1S/C19H22N2O2/c1-14-9-13-23-18(14)19(22)21-12-11-20-10-5-8-16(20)17(21)15-6-3-2-4-7-15/h2-8,10,14,17-18H,9,11-13H2,1H3/t14-,17+,18-/m1/s1. The van der Waals surface area contributed by atoms with E-state index >= 15 is 0 Å². The van der Waals surface area contributed by atoms with Gasteiger partial charge in [-0.25, -0.2) is 0 Å². The van der Waals surface area contributed by atoms with Gasteiger partial charge in [-0.2, -0.15) is 0 Å². The average Bonchev–Trinajstić information content (AvgIpc) is 3.22. The van der Waals surface area contributed by atoms with E-state index in [4.69, 9.17) is 4.74 Å². The molecule has 0 bridgehead atoms. The van der Waals surface area contributed by atoms with Crippen LogP contribution in [-0.2, 0) is 16.1 Å². The first kappa shape index (κ1) is 14.5. The molecular formula is C19H22N2O2. The fourth-order valence-corrected chi connectivity index (χ4v) is 3.78. The van der Waals surface area contributed by atoms with E-state index in [2.05, 4.69) is 42.0 Å². The molecule has 0 aliphatic carbocycles. The van der Waals surface area contributed by atoms with Crippen LogP contribution in [0.4, 0.5) is 0 Å². The molecule has 4 rings (SSSR count). The van der Waals surface area contributed by atoms with E-state index in [0.717, 1.165) is 25.1 Å². The van der Waals surface area contributed by atoms with E-state index in [1.165, 1.54) is 5.69 Å². The Labute approximate surface area is 136 Å². The molecule has 120 valence electrons. The number of benzene rings is 1. The molecule has 0 unspecified atom stereocenters. The van der Waals surface area contributed by atoms with Crippen LogP contribution in [0.1, 0.15) is 30.6 Å². The number of amides is 1. The molecule has 1 amide bonds. The second-order valence-electron chi connectivity index (χ2n) is 6.53. The molecule has 0 saturated carbocycles. The summed E-state index contributed by atoms with van der Waals surface area (Å²) in [5.41, 5.74) is 2.34. The van der Waals surface area contributed by atoms with Gasteiger partial charge in [0.05, 0.1) is 6.04 Å². The van der Waals surface area contributed by atoms with Gasteiger partial charge in [-0.05, 0) is 30.0 Å². The van der Waals surface area contributed by atoms with Gasteiger partial charge in [0.2, 0.25) is 0 Å². The summed E-state index contributed by atoms with van der Waals surface area (Å²) in [5.74, 6) is 0.434. The Hall–Kier alpha value is -2.07. The summed E-state index contributed by atoms with van der Waals surface area (Å²) in [6, 6.07) is 14.5. The number of aromatic nitrogens is 1. The smallest absolute Gasteiger partial charge is 0.252 e. The minimum absolute atomic E-state index is 0.0242. The van der Waals surface area contributed by atoms with Gasteiger partial charge in [-0.3, -0.25) is 4.79 Å². The van der Waals surface area contributed by atoms with Crippen molar-refractivity contribution in [3.63, 3.8) is 0 Å². The maximum atomic E-state index is 13.1. The molecule has 1 aromatic carbocycles. The fraction of sp³-hybridized carbons (Fsp3) is 0.421. The van der Waals surface area contributed by atoms with Crippen molar-refractivity contribution in [2.75, 3.05) is 13.2 Å². The number of nitrogens with zero attached hydrogens (tertiary/aromatic N) is 2. The molecule has 2 aromatic rings. The van der Waals surface area contributed by atoms with Crippen molar-refractivity contribution in [2.45, 2.75) is 32.0 Å². The molecule has 2 aliphatic rings. The van der Waals surface area contributed by atoms with Crippen LogP contribution in [0, 0.1) is 5.92 Å². The topological polar surface area (TPSA) is 34.5 Å². The summed E-state index contributed by atoms with van der Waals surface area (Å²) in [4.78, 5) is 15.1. The van der Waals surface area contributed by atoms with Crippen LogP contribution in [-0.4, -0.2) is 34.6 Å². The maximum absolute atomic E-state index is 13.1. The first-order valence-corrected chi connectivity index (χ1v) is 8.38. The van der Waals surface area contributed by atoms with Crippen molar-refractivity contribution in [3.05, 3.63) is 59.9 Å². The van der Waals surface area contributed by atoms with Crippen LogP contribution < -0.4 is 0 Å². The summed E-state index contributed by atoms with van der Waals surface area (Å²) < 4.78 is 7.99. The fourth-order valence-electron chi connectivity index (χ4n) is 3.78. The van der Waals surface area contributed by atoms with E-state index in [0.29, 0.717) is 12.5 Å². The predicted molar refractivity (Wildman–Crippen MR) is 88.0 cm³/mol. The summed E-state index contributed by atoms with van der Waals surface area (Å²) in [7, 11) is 0. The third-order valence-corrected chi connectivity index (χ3v) is 5.07. The predicted octanol–water partition coefficient (Wildman–Crippen LogP) is 2.84. The van der Waals surface area contributed by atoms with Crippen molar-refractivity contribution in [1.82, 2.24) is 9.47 Å². The van der Waals surface area contributed by atoms with Crippen LogP contribution in [0.15, 0.2) is 48.7 Å². The summed E-state index contributed by atoms with van der Waals surface area (Å²) in [6.07, 6.45) is 2.78. The third-order valence-electron chi connectivity index (χ3n) is 5.07. The quantitative estimate of drug-likeness (QED) is 0.855. The van der Waals surface area contributed by atoms with Gasteiger partial charge in [0.1, 0.15) is 6.10 Å². The normalized spacial score (nSPS) is 27.0. The lowest BCUT2D eigenvalue weighted by atomic mass is 9.97. The van der Waals surface area contributed by atoms with Crippen LogP contribution in [0.25, 0.3) is 0 Å². The summed E-state index contributed by atoms with van der Waals surface area (Å²) in [5, 5.41) is 0. The van der Waals surface area contributed by atoms with Crippen molar-refractivity contribution < 1.29 is 9.53 Å². The Morgan fingerprint density at radius 1 is 1.13 bits per heavy atom. The highest BCUT2D eigenvalue weighted by Gasteiger charge is 2.39. The van der Waals surface area contributed by atoms with Crippen molar-refractivity contribution in [3.8, 4) is 0 Å².